The van der Waals surface area contributed by atoms with Crippen LogP contribution in [0.5, 0.6) is 0 Å². The van der Waals surface area contributed by atoms with Crippen LogP contribution in [0.2, 0.25) is 0 Å². The fourth-order valence-electron chi connectivity index (χ4n) is 2.21. The largest absolute Gasteiger partial charge is 0.383 e. The number of fused-ring (bicyclic) bond motifs is 3. The summed E-state index contributed by atoms with van der Waals surface area (Å²) in [5.41, 5.74) is 2.34. The van der Waals surface area contributed by atoms with Crippen molar-refractivity contribution in [1.29, 1.82) is 0 Å². The number of pyridine rings is 1. The molecule has 98 valence electrons. The van der Waals surface area contributed by atoms with Crippen LogP contribution in [0.3, 0.4) is 0 Å². The number of nitrogens with zero attached hydrogens (tertiary/aromatic N) is 2. The highest BCUT2D eigenvalue weighted by atomic mass is 79.9. The first kappa shape index (κ1) is 12.4. The molecule has 0 fully saturated rings. The van der Waals surface area contributed by atoms with Gasteiger partial charge >= 0.3 is 5.69 Å². The quantitative estimate of drug-likeness (QED) is 0.805. The van der Waals surface area contributed by atoms with Gasteiger partial charge in [0, 0.05) is 17.0 Å². The number of benzene rings is 1. The van der Waals surface area contributed by atoms with E-state index in [9.17, 15) is 4.79 Å². The van der Waals surface area contributed by atoms with Crippen LogP contribution in [0.1, 0.15) is 0 Å². The summed E-state index contributed by atoms with van der Waals surface area (Å²) in [6.45, 7) is 1.01. The smallest absolute Gasteiger partial charge is 0.326 e. The van der Waals surface area contributed by atoms with Crippen LogP contribution in [0, 0.1) is 0 Å². The molecule has 3 aromatic rings. The summed E-state index contributed by atoms with van der Waals surface area (Å²) in [5.74, 6) is 0. The van der Waals surface area contributed by atoms with Crippen molar-refractivity contribution in [3.8, 4) is 0 Å². The Labute approximate surface area is 117 Å². The maximum atomic E-state index is 12.0. The Balaban J connectivity index is 2.38. The van der Waals surface area contributed by atoms with Crippen molar-refractivity contribution >= 4 is 37.9 Å². The Hall–Kier alpha value is -1.66. The molecule has 0 aliphatic carbocycles. The second kappa shape index (κ2) is 4.79. The second-order valence-corrected chi connectivity index (χ2v) is 5.17. The molecule has 3 rings (SSSR count). The monoisotopic (exact) mass is 321 g/mol. The number of hydrogen-bond donors (Lipinski definition) is 1. The summed E-state index contributed by atoms with van der Waals surface area (Å²) in [5, 5.41) is 0.946. The summed E-state index contributed by atoms with van der Waals surface area (Å²) < 4.78 is 7.71. The van der Waals surface area contributed by atoms with E-state index in [1.165, 1.54) is 0 Å². The van der Waals surface area contributed by atoms with Gasteiger partial charge in [-0.3, -0.25) is 9.55 Å². The van der Waals surface area contributed by atoms with Gasteiger partial charge in [-0.25, -0.2) is 4.79 Å². The molecule has 0 unspecified atom stereocenters. The molecule has 0 saturated heterocycles. The van der Waals surface area contributed by atoms with E-state index in [1.807, 2.05) is 18.2 Å². The number of aromatic amines is 1. The van der Waals surface area contributed by atoms with Crippen molar-refractivity contribution in [2.24, 2.45) is 0 Å². The van der Waals surface area contributed by atoms with Gasteiger partial charge < -0.3 is 9.72 Å². The highest BCUT2D eigenvalue weighted by Crippen LogP contribution is 2.24. The van der Waals surface area contributed by atoms with Crippen molar-refractivity contribution in [3.05, 3.63) is 39.4 Å². The molecule has 0 atom stereocenters. The summed E-state index contributed by atoms with van der Waals surface area (Å²) in [7, 11) is 1.62. The van der Waals surface area contributed by atoms with Crippen LogP contribution >= 0.6 is 15.9 Å². The van der Waals surface area contributed by atoms with Gasteiger partial charge in [0.2, 0.25) is 0 Å². The van der Waals surface area contributed by atoms with E-state index in [4.69, 9.17) is 4.74 Å². The summed E-state index contributed by atoms with van der Waals surface area (Å²) in [4.78, 5) is 19.2. The predicted molar refractivity (Wildman–Crippen MR) is 77.4 cm³/mol. The zero-order chi connectivity index (χ0) is 13.4. The Morgan fingerprint density at radius 1 is 1.47 bits per heavy atom. The molecular weight excluding hydrogens is 310 g/mol. The first-order chi connectivity index (χ1) is 9.20. The van der Waals surface area contributed by atoms with Gasteiger partial charge in [0.25, 0.3) is 0 Å². The van der Waals surface area contributed by atoms with Crippen molar-refractivity contribution in [1.82, 2.24) is 14.5 Å². The minimum absolute atomic E-state index is 0.138. The number of imidazole rings is 1. The number of hydrogen-bond acceptors (Lipinski definition) is 3. The molecule has 1 N–H and O–H groups in total. The maximum absolute atomic E-state index is 12.0. The lowest BCUT2D eigenvalue weighted by Crippen LogP contribution is -2.19. The molecule has 0 radical (unpaired) electrons. The Morgan fingerprint density at radius 3 is 3.11 bits per heavy atom. The van der Waals surface area contributed by atoms with E-state index in [-0.39, 0.29) is 5.69 Å². The highest BCUT2D eigenvalue weighted by molar-refractivity contribution is 9.10. The molecule has 0 aliphatic heterocycles. The maximum Gasteiger partial charge on any atom is 0.326 e. The van der Waals surface area contributed by atoms with Crippen LogP contribution in [0.15, 0.2) is 33.7 Å². The molecule has 0 saturated carbocycles. The fraction of sp³-hybridized carbons (Fsp3) is 0.231. The van der Waals surface area contributed by atoms with E-state index < -0.39 is 0 Å². The van der Waals surface area contributed by atoms with Gasteiger partial charge in [0.05, 0.1) is 35.9 Å². The molecular formula is C13H12BrN3O2. The lowest BCUT2D eigenvalue weighted by molar-refractivity contribution is 0.187. The number of rotatable bonds is 3. The zero-order valence-corrected chi connectivity index (χ0v) is 11.9. The SMILES string of the molecule is COCCn1c(=O)[nH]c2cnc3ccc(Br)cc3c21. The first-order valence-electron chi connectivity index (χ1n) is 5.86. The van der Waals surface area contributed by atoms with Crippen LogP contribution < -0.4 is 5.69 Å². The van der Waals surface area contributed by atoms with Crippen molar-refractivity contribution < 1.29 is 4.74 Å². The van der Waals surface area contributed by atoms with Crippen molar-refractivity contribution in [3.63, 3.8) is 0 Å². The Bertz CT molecular complexity index is 807. The number of methoxy groups -OCH3 is 1. The van der Waals surface area contributed by atoms with Gasteiger partial charge in [-0.1, -0.05) is 15.9 Å². The third-order valence-electron chi connectivity index (χ3n) is 3.08. The second-order valence-electron chi connectivity index (χ2n) is 4.26. The molecule has 0 amide bonds. The minimum Gasteiger partial charge on any atom is -0.383 e. The highest BCUT2D eigenvalue weighted by Gasteiger charge is 2.11. The summed E-state index contributed by atoms with van der Waals surface area (Å²) in [6.07, 6.45) is 1.69. The van der Waals surface area contributed by atoms with Crippen LogP contribution in [0.25, 0.3) is 21.9 Å². The number of nitrogens with one attached hydrogen (secondary N) is 1. The molecule has 1 aromatic carbocycles. The summed E-state index contributed by atoms with van der Waals surface area (Å²) in [6, 6.07) is 5.84. The average molecular weight is 322 g/mol. The Morgan fingerprint density at radius 2 is 2.32 bits per heavy atom. The molecule has 19 heavy (non-hydrogen) atoms. The molecule has 5 nitrogen and oxygen atoms in total. The van der Waals surface area contributed by atoms with E-state index in [2.05, 4.69) is 25.9 Å². The number of ether oxygens (including phenoxy) is 1. The van der Waals surface area contributed by atoms with E-state index >= 15 is 0 Å². The van der Waals surface area contributed by atoms with E-state index in [0.717, 1.165) is 26.4 Å². The van der Waals surface area contributed by atoms with E-state index in [1.54, 1.807) is 17.9 Å². The number of halogens is 1. The average Bonchev–Trinajstić information content (AvgIpc) is 2.72. The van der Waals surface area contributed by atoms with Gasteiger partial charge in [0.1, 0.15) is 0 Å². The van der Waals surface area contributed by atoms with E-state index in [0.29, 0.717) is 13.2 Å². The zero-order valence-electron chi connectivity index (χ0n) is 10.3. The summed E-state index contributed by atoms with van der Waals surface area (Å²) >= 11 is 3.45. The standard InChI is InChI=1S/C13H12BrN3O2/c1-19-5-4-17-12-9-6-8(14)2-3-10(9)15-7-11(12)16-13(17)18/h2-3,6-7H,4-5H2,1H3,(H,16,18). The topological polar surface area (TPSA) is 59.9 Å². The molecule has 0 aliphatic rings. The van der Waals surface area contributed by atoms with Gasteiger partial charge in [-0.15, -0.1) is 0 Å². The molecule has 0 spiro atoms. The normalized spacial score (nSPS) is 11.5. The van der Waals surface area contributed by atoms with Gasteiger partial charge in [-0.05, 0) is 18.2 Å². The van der Waals surface area contributed by atoms with Crippen LogP contribution in [0.4, 0.5) is 0 Å². The minimum atomic E-state index is -0.138. The Kier molecular flexibility index (Phi) is 3.12. The third-order valence-corrected chi connectivity index (χ3v) is 3.57. The number of aromatic nitrogens is 3. The predicted octanol–water partition coefficient (Wildman–Crippen LogP) is 2.29. The van der Waals surface area contributed by atoms with Crippen LogP contribution in [-0.2, 0) is 11.3 Å². The molecule has 0 bridgehead atoms. The van der Waals surface area contributed by atoms with Gasteiger partial charge in [-0.2, -0.15) is 0 Å². The lowest BCUT2D eigenvalue weighted by Gasteiger charge is -2.05. The van der Waals surface area contributed by atoms with Gasteiger partial charge in [0.15, 0.2) is 0 Å². The number of H-pyrrole nitrogens is 1. The first-order valence-corrected chi connectivity index (χ1v) is 6.65. The fourth-order valence-corrected chi connectivity index (χ4v) is 2.57. The van der Waals surface area contributed by atoms with Crippen LogP contribution in [-0.4, -0.2) is 28.3 Å². The van der Waals surface area contributed by atoms with Crippen molar-refractivity contribution in [2.75, 3.05) is 13.7 Å². The van der Waals surface area contributed by atoms with Crippen molar-refractivity contribution in [2.45, 2.75) is 6.54 Å². The molecule has 2 heterocycles. The third kappa shape index (κ3) is 2.06. The molecule has 2 aromatic heterocycles. The molecule has 6 heteroatoms. The lowest BCUT2D eigenvalue weighted by atomic mass is 10.2.